The molecule has 1 unspecified atom stereocenters. The number of hydrogen-bond donors (Lipinski definition) is 2. The van der Waals surface area contributed by atoms with Crippen LogP contribution in [0.2, 0.25) is 0 Å². The molecule has 0 aromatic carbocycles. The van der Waals surface area contributed by atoms with Crippen molar-refractivity contribution in [2.45, 2.75) is 52.3 Å². The average molecular weight is 284 g/mol. The second-order valence-electron chi connectivity index (χ2n) is 5.51. The Kier molecular flexibility index (Phi) is 6.31. The fraction of sp³-hybridized carbons (Fsp3) is 0.643. The summed E-state index contributed by atoms with van der Waals surface area (Å²) in [6.45, 7) is 9.21. The van der Waals surface area contributed by atoms with E-state index in [9.17, 15) is 4.79 Å². The quantitative estimate of drug-likeness (QED) is 0.843. The minimum Gasteiger partial charge on any atom is -0.444 e. The molecule has 1 amide bonds. The van der Waals surface area contributed by atoms with Crippen LogP contribution in [0.3, 0.4) is 0 Å². The van der Waals surface area contributed by atoms with Gasteiger partial charge in [0.05, 0.1) is 0 Å². The Morgan fingerprint density at radius 2 is 2.21 bits per heavy atom. The molecule has 1 aromatic rings. The largest absolute Gasteiger partial charge is 0.444 e. The number of hydrogen-bond acceptors (Lipinski definition) is 4. The van der Waals surface area contributed by atoms with Crippen LogP contribution in [0.15, 0.2) is 16.8 Å². The van der Waals surface area contributed by atoms with E-state index in [1.165, 1.54) is 5.56 Å². The van der Waals surface area contributed by atoms with E-state index >= 15 is 0 Å². The van der Waals surface area contributed by atoms with Crippen LogP contribution >= 0.6 is 11.3 Å². The van der Waals surface area contributed by atoms with Crippen LogP contribution in [-0.2, 0) is 11.3 Å². The maximum Gasteiger partial charge on any atom is 0.407 e. The van der Waals surface area contributed by atoms with Gasteiger partial charge in [-0.25, -0.2) is 4.79 Å². The van der Waals surface area contributed by atoms with Crippen LogP contribution < -0.4 is 10.6 Å². The van der Waals surface area contributed by atoms with Crippen LogP contribution in [-0.4, -0.2) is 24.3 Å². The SMILES string of the molecule is CCC(CNCc1ccsc1)NC(=O)OC(C)(C)C. The highest BCUT2D eigenvalue weighted by Gasteiger charge is 2.18. The van der Waals surface area contributed by atoms with Gasteiger partial charge in [-0.3, -0.25) is 0 Å². The van der Waals surface area contributed by atoms with Crippen LogP contribution in [0.25, 0.3) is 0 Å². The summed E-state index contributed by atoms with van der Waals surface area (Å²) < 4.78 is 5.25. The van der Waals surface area contributed by atoms with Crippen molar-refractivity contribution in [1.29, 1.82) is 0 Å². The van der Waals surface area contributed by atoms with Crippen LogP contribution in [0.1, 0.15) is 39.7 Å². The zero-order valence-electron chi connectivity index (χ0n) is 12.2. The second-order valence-corrected chi connectivity index (χ2v) is 6.29. The van der Waals surface area contributed by atoms with Gasteiger partial charge >= 0.3 is 6.09 Å². The summed E-state index contributed by atoms with van der Waals surface area (Å²) in [5, 5.41) is 10.4. The molecule has 1 atom stereocenters. The molecule has 0 aliphatic rings. The van der Waals surface area contributed by atoms with Crippen molar-refractivity contribution in [1.82, 2.24) is 10.6 Å². The van der Waals surface area contributed by atoms with Gasteiger partial charge in [0.25, 0.3) is 0 Å². The molecule has 0 aliphatic carbocycles. The minimum absolute atomic E-state index is 0.0912. The fourth-order valence-corrected chi connectivity index (χ4v) is 2.22. The third-order valence-electron chi connectivity index (χ3n) is 2.51. The highest BCUT2D eigenvalue weighted by atomic mass is 32.1. The summed E-state index contributed by atoms with van der Waals surface area (Å²) in [6, 6.07) is 2.19. The normalized spacial score (nSPS) is 13.1. The lowest BCUT2D eigenvalue weighted by molar-refractivity contribution is 0.0502. The molecule has 0 saturated heterocycles. The van der Waals surface area contributed by atoms with Gasteiger partial charge in [0.2, 0.25) is 0 Å². The first kappa shape index (κ1) is 16.0. The third-order valence-corrected chi connectivity index (χ3v) is 3.25. The molecule has 1 heterocycles. The van der Waals surface area contributed by atoms with E-state index in [0.717, 1.165) is 19.5 Å². The number of thiophene rings is 1. The molecular weight excluding hydrogens is 260 g/mol. The molecule has 1 rings (SSSR count). The Labute approximate surface area is 119 Å². The number of ether oxygens (including phenoxy) is 1. The first-order valence-corrected chi connectivity index (χ1v) is 7.56. The topological polar surface area (TPSA) is 50.4 Å². The molecule has 5 heteroatoms. The molecule has 0 spiro atoms. The van der Waals surface area contributed by atoms with Gasteiger partial charge in [-0.1, -0.05) is 6.92 Å². The Bertz CT molecular complexity index is 371. The smallest absolute Gasteiger partial charge is 0.407 e. The zero-order valence-corrected chi connectivity index (χ0v) is 13.0. The Balaban J connectivity index is 2.27. The molecule has 0 saturated carbocycles. The molecule has 0 fully saturated rings. The predicted molar refractivity (Wildman–Crippen MR) is 79.5 cm³/mol. The standard InChI is InChI=1S/C14H24N2O2S/c1-5-12(16-13(17)18-14(2,3)4)9-15-8-11-6-7-19-10-11/h6-7,10,12,15H,5,8-9H2,1-4H3,(H,16,17). The summed E-state index contributed by atoms with van der Waals surface area (Å²) >= 11 is 1.69. The summed E-state index contributed by atoms with van der Waals surface area (Å²) in [6.07, 6.45) is 0.521. The fourth-order valence-electron chi connectivity index (χ4n) is 1.56. The monoisotopic (exact) mass is 284 g/mol. The van der Waals surface area contributed by atoms with Gasteiger partial charge in [0, 0.05) is 19.1 Å². The van der Waals surface area contributed by atoms with E-state index in [1.54, 1.807) is 11.3 Å². The lowest BCUT2D eigenvalue weighted by Crippen LogP contribution is -2.43. The van der Waals surface area contributed by atoms with E-state index in [1.807, 2.05) is 27.7 Å². The second kappa shape index (κ2) is 7.50. The molecular formula is C14H24N2O2S. The Morgan fingerprint density at radius 3 is 2.74 bits per heavy atom. The van der Waals surface area contributed by atoms with E-state index in [-0.39, 0.29) is 12.1 Å². The van der Waals surface area contributed by atoms with Gasteiger partial charge in [-0.2, -0.15) is 11.3 Å². The van der Waals surface area contributed by atoms with E-state index in [0.29, 0.717) is 0 Å². The van der Waals surface area contributed by atoms with Crippen LogP contribution in [0.5, 0.6) is 0 Å². The highest BCUT2D eigenvalue weighted by molar-refractivity contribution is 7.07. The van der Waals surface area contributed by atoms with Gasteiger partial charge in [0.15, 0.2) is 0 Å². The summed E-state index contributed by atoms with van der Waals surface area (Å²) in [7, 11) is 0. The number of amides is 1. The van der Waals surface area contributed by atoms with Crippen molar-refractivity contribution in [3.63, 3.8) is 0 Å². The number of alkyl carbamates (subject to hydrolysis) is 1. The Morgan fingerprint density at radius 1 is 1.47 bits per heavy atom. The first-order valence-electron chi connectivity index (χ1n) is 6.62. The number of rotatable bonds is 6. The van der Waals surface area contributed by atoms with Gasteiger partial charge in [0.1, 0.15) is 5.60 Å². The van der Waals surface area contributed by atoms with Crippen molar-refractivity contribution in [2.24, 2.45) is 0 Å². The van der Waals surface area contributed by atoms with Gasteiger partial charge in [-0.15, -0.1) is 0 Å². The molecule has 108 valence electrons. The predicted octanol–water partition coefficient (Wildman–Crippen LogP) is 3.14. The summed E-state index contributed by atoms with van der Waals surface area (Å²) in [5.74, 6) is 0. The number of carbonyl (C=O) groups excluding carboxylic acids is 1. The van der Waals surface area contributed by atoms with Crippen molar-refractivity contribution >= 4 is 17.4 Å². The van der Waals surface area contributed by atoms with Crippen LogP contribution in [0.4, 0.5) is 4.79 Å². The molecule has 19 heavy (non-hydrogen) atoms. The first-order chi connectivity index (χ1) is 8.90. The highest BCUT2D eigenvalue weighted by Crippen LogP contribution is 2.07. The molecule has 0 bridgehead atoms. The maximum absolute atomic E-state index is 11.7. The van der Waals surface area contributed by atoms with Crippen LogP contribution in [0, 0.1) is 0 Å². The van der Waals surface area contributed by atoms with Gasteiger partial charge in [-0.05, 0) is 49.6 Å². The molecule has 1 aromatic heterocycles. The van der Waals surface area contributed by atoms with Gasteiger partial charge < -0.3 is 15.4 Å². The van der Waals surface area contributed by atoms with Crippen molar-refractivity contribution in [2.75, 3.05) is 6.54 Å². The minimum atomic E-state index is -0.452. The van der Waals surface area contributed by atoms with E-state index in [2.05, 4.69) is 27.5 Å². The van der Waals surface area contributed by atoms with Crippen molar-refractivity contribution in [3.8, 4) is 0 Å². The molecule has 2 N–H and O–H groups in total. The van der Waals surface area contributed by atoms with Crippen molar-refractivity contribution < 1.29 is 9.53 Å². The van der Waals surface area contributed by atoms with Crippen molar-refractivity contribution in [3.05, 3.63) is 22.4 Å². The third kappa shape index (κ3) is 7.18. The van der Waals surface area contributed by atoms with E-state index in [4.69, 9.17) is 4.74 Å². The van der Waals surface area contributed by atoms with E-state index < -0.39 is 5.60 Å². The Hall–Kier alpha value is -1.07. The summed E-state index contributed by atoms with van der Waals surface area (Å²) in [5.41, 5.74) is 0.823. The molecule has 0 radical (unpaired) electrons. The lowest BCUT2D eigenvalue weighted by Gasteiger charge is -2.23. The number of nitrogens with one attached hydrogen (secondary N) is 2. The lowest BCUT2D eigenvalue weighted by atomic mass is 10.2. The maximum atomic E-state index is 11.7. The molecule has 4 nitrogen and oxygen atoms in total. The zero-order chi connectivity index (χ0) is 14.3. The molecule has 0 aliphatic heterocycles. The number of carbonyl (C=O) groups is 1. The summed E-state index contributed by atoms with van der Waals surface area (Å²) in [4.78, 5) is 11.7. The average Bonchev–Trinajstić information content (AvgIpc) is 2.78.